The molecule has 5 nitrogen and oxygen atoms in total. The zero-order valence-electron chi connectivity index (χ0n) is 6.16. The van der Waals surface area contributed by atoms with Gasteiger partial charge in [0.25, 0.3) is 0 Å². The number of aromatic nitrogens is 3. The Balaban J connectivity index is 2.41. The molecule has 0 saturated heterocycles. The second-order valence-corrected chi connectivity index (χ2v) is 2.50. The molecule has 1 aromatic rings. The number of carbonyl (C=O) groups is 1. The molecule has 1 aliphatic rings. The van der Waals surface area contributed by atoms with Crippen LogP contribution in [0.25, 0.3) is 0 Å². The molecule has 0 fully saturated rings. The summed E-state index contributed by atoms with van der Waals surface area (Å²) in [5, 5.41) is 6.71. The van der Waals surface area contributed by atoms with Gasteiger partial charge in [-0.05, 0) is 6.92 Å². The quantitative estimate of drug-likeness (QED) is 0.566. The number of rotatable bonds is 0. The SMILES string of the molecule is Cc1nc2n(n1)CCC(=O)N2. The molecular formula is C6H8N4O. The van der Waals surface area contributed by atoms with Gasteiger partial charge in [-0.1, -0.05) is 0 Å². The lowest BCUT2D eigenvalue weighted by Gasteiger charge is -2.11. The molecule has 0 aliphatic carbocycles. The third kappa shape index (κ3) is 0.978. The second kappa shape index (κ2) is 2.05. The van der Waals surface area contributed by atoms with Crippen LogP contribution < -0.4 is 5.32 Å². The van der Waals surface area contributed by atoms with Crippen molar-refractivity contribution in [3.63, 3.8) is 0 Å². The van der Waals surface area contributed by atoms with E-state index in [0.717, 1.165) is 0 Å². The van der Waals surface area contributed by atoms with Crippen LogP contribution in [-0.2, 0) is 11.3 Å². The van der Waals surface area contributed by atoms with E-state index in [4.69, 9.17) is 0 Å². The van der Waals surface area contributed by atoms with E-state index in [1.807, 2.05) is 0 Å². The average molecular weight is 152 g/mol. The third-order valence-electron chi connectivity index (χ3n) is 1.58. The summed E-state index contributed by atoms with van der Waals surface area (Å²) >= 11 is 0. The molecular weight excluding hydrogens is 144 g/mol. The zero-order chi connectivity index (χ0) is 7.84. The van der Waals surface area contributed by atoms with Gasteiger partial charge in [0.2, 0.25) is 11.9 Å². The van der Waals surface area contributed by atoms with Crippen LogP contribution in [0, 0.1) is 6.92 Å². The molecule has 0 unspecified atom stereocenters. The molecule has 0 spiro atoms. The van der Waals surface area contributed by atoms with Crippen LogP contribution in [-0.4, -0.2) is 20.7 Å². The van der Waals surface area contributed by atoms with Gasteiger partial charge in [-0.3, -0.25) is 10.1 Å². The summed E-state index contributed by atoms with van der Waals surface area (Å²) in [5.74, 6) is 1.28. The Morgan fingerprint density at radius 1 is 1.64 bits per heavy atom. The van der Waals surface area contributed by atoms with Gasteiger partial charge < -0.3 is 0 Å². The third-order valence-corrected chi connectivity index (χ3v) is 1.58. The van der Waals surface area contributed by atoms with Crippen molar-refractivity contribution in [1.29, 1.82) is 0 Å². The lowest BCUT2D eigenvalue weighted by molar-refractivity contribution is -0.117. The van der Waals surface area contributed by atoms with E-state index in [1.54, 1.807) is 11.6 Å². The van der Waals surface area contributed by atoms with Crippen LogP contribution in [0.1, 0.15) is 12.2 Å². The van der Waals surface area contributed by atoms with Gasteiger partial charge in [-0.15, -0.1) is 0 Å². The fourth-order valence-electron chi connectivity index (χ4n) is 1.10. The highest BCUT2D eigenvalue weighted by atomic mass is 16.2. The van der Waals surface area contributed by atoms with Gasteiger partial charge in [0.15, 0.2) is 0 Å². The molecule has 1 N–H and O–H groups in total. The summed E-state index contributed by atoms with van der Waals surface area (Å²) in [4.78, 5) is 14.9. The zero-order valence-corrected chi connectivity index (χ0v) is 6.16. The van der Waals surface area contributed by atoms with Gasteiger partial charge in [-0.2, -0.15) is 10.1 Å². The van der Waals surface area contributed by atoms with E-state index >= 15 is 0 Å². The predicted octanol–water partition coefficient (Wildman–Crippen LogP) is -0.0713. The van der Waals surface area contributed by atoms with E-state index in [9.17, 15) is 4.79 Å². The van der Waals surface area contributed by atoms with Crippen LogP contribution >= 0.6 is 0 Å². The molecule has 0 atom stereocenters. The molecule has 0 saturated carbocycles. The normalized spacial score (nSPS) is 15.9. The van der Waals surface area contributed by atoms with Crippen molar-refractivity contribution in [3.05, 3.63) is 5.82 Å². The van der Waals surface area contributed by atoms with Crippen LogP contribution in [0.5, 0.6) is 0 Å². The number of nitrogens with zero attached hydrogens (tertiary/aromatic N) is 3. The smallest absolute Gasteiger partial charge is 0.228 e. The van der Waals surface area contributed by atoms with Crippen LogP contribution in [0.2, 0.25) is 0 Å². The van der Waals surface area contributed by atoms with Gasteiger partial charge in [0, 0.05) is 6.42 Å². The molecule has 58 valence electrons. The lowest BCUT2D eigenvalue weighted by atomic mass is 10.4. The molecule has 0 aromatic carbocycles. The maximum Gasteiger partial charge on any atom is 0.228 e. The molecule has 1 amide bonds. The first-order valence-corrected chi connectivity index (χ1v) is 3.47. The summed E-state index contributed by atoms with van der Waals surface area (Å²) in [6.07, 6.45) is 0.496. The topological polar surface area (TPSA) is 59.8 Å². The molecule has 0 bridgehead atoms. The Hall–Kier alpha value is -1.39. The predicted molar refractivity (Wildman–Crippen MR) is 38.0 cm³/mol. The first-order chi connectivity index (χ1) is 5.25. The first-order valence-electron chi connectivity index (χ1n) is 3.47. The van der Waals surface area contributed by atoms with Gasteiger partial charge >= 0.3 is 0 Å². The Morgan fingerprint density at radius 3 is 3.27 bits per heavy atom. The van der Waals surface area contributed by atoms with E-state index in [2.05, 4.69) is 15.4 Å². The second-order valence-electron chi connectivity index (χ2n) is 2.50. The minimum atomic E-state index is 0.0184. The Morgan fingerprint density at radius 2 is 2.45 bits per heavy atom. The Bertz CT molecular complexity index is 304. The molecule has 5 heteroatoms. The van der Waals surface area contributed by atoms with Crippen molar-refractivity contribution in [3.8, 4) is 0 Å². The lowest BCUT2D eigenvalue weighted by Crippen LogP contribution is -2.23. The number of fused-ring (bicyclic) bond motifs is 1. The van der Waals surface area contributed by atoms with Crippen LogP contribution in [0.15, 0.2) is 0 Å². The molecule has 1 aromatic heterocycles. The Labute approximate surface area is 63.4 Å². The summed E-state index contributed by atoms with van der Waals surface area (Å²) < 4.78 is 1.71. The van der Waals surface area contributed by atoms with E-state index < -0.39 is 0 Å². The number of hydrogen-bond acceptors (Lipinski definition) is 3. The van der Waals surface area contributed by atoms with Gasteiger partial charge in [-0.25, -0.2) is 4.68 Å². The van der Waals surface area contributed by atoms with Crippen LogP contribution in [0.4, 0.5) is 5.95 Å². The highest BCUT2D eigenvalue weighted by Crippen LogP contribution is 2.10. The standard InChI is InChI=1S/C6H8N4O/c1-4-7-6-8-5(11)2-3-10(6)9-4/h2-3H2,1H3,(H,7,8,9,11). The summed E-state index contributed by atoms with van der Waals surface area (Å²) in [7, 11) is 0. The molecule has 2 heterocycles. The first kappa shape index (κ1) is 6.33. The van der Waals surface area contributed by atoms with Crippen molar-refractivity contribution in [2.45, 2.75) is 19.9 Å². The highest BCUT2D eigenvalue weighted by Gasteiger charge is 2.16. The van der Waals surface area contributed by atoms with Crippen molar-refractivity contribution in [2.75, 3.05) is 5.32 Å². The highest BCUT2D eigenvalue weighted by molar-refractivity contribution is 5.90. The number of hydrogen-bond donors (Lipinski definition) is 1. The van der Waals surface area contributed by atoms with Crippen molar-refractivity contribution < 1.29 is 4.79 Å². The number of aryl methyl sites for hydroxylation is 2. The van der Waals surface area contributed by atoms with Gasteiger partial charge in [0.05, 0.1) is 6.54 Å². The number of anilines is 1. The maximum atomic E-state index is 10.8. The van der Waals surface area contributed by atoms with E-state index in [0.29, 0.717) is 24.7 Å². The van der Waals surface area contributed by atoms with Crippen molar-refractivity contribution in [1.82, 2.24) is 14.8 Å². The molecule has 1 aliphatic heterocycles. The largest absolute Gasteiger partial charge is 0.295 e. The van der Waals surface area contributed by atoms with Crippen LogP contribution in [0.3, 0.4) is 0 Å². The molecule has 11 heavy (non-hydrogen) atoms. The van der Waals surface area contributed by atoms with E-state index in [1.165, 1.54) is 0 Å². The monoisotopic (exact) mass is 152 g/mol. The fourth-order valence-corrected chi connectivity index (χ4v) is 1.10. The summed E-state index contributed by atoms with van der Waals surface area (Å²) in [6.45, 7) is 2.44. The fraction of sp³-hybridized carbons (Fsp3) is 0.500. The molecule has 2 rings (SSSR count). The maximum absolute atomic E-state index is 10.8. The number of nitrogens with one attached hydrogen (secondary N) is 1. The minimum Gasteiger partial charge on any atom is -0.295 e. The van der Waals surface area contributed by atoms with E-state index in [-0.39, 0.29) is 5.91 Å². The van der Waals surface area contributed by atoms with Crippen molar-refractivity contribution >= 4 is 11.9 Å². The number of carbonyl (C=O) groups excluding carboxylic acids is 1. The number of amides is 1. The molecule has 0 radical (unpaired) electrons. The van der Waals surface area contributed by atoms with Crippen molar-refractivity contribution in [2.24, 2.45) is 0 Å². The summed E-state index contributed by atoms with van der Waals surface area (Å²) in [5.41, 5.74) is 0. The minimum absolute atomic E-state index is 0.0184. The average Bonchev–Trinajstić information content (AvgIpc) is 2.27. The van der Waals surface area contributed by atoms with Gasteiger partial charge in [0.1, 0.15) is 5.82 Å². The summed E-state index contributed by atoms with van der Waals surface area (Å²) in [6, 6.07) is 0. The Kier molecular flexibility index (Phi) is 1.18.